The summed E-state index contributed by atoms with van der Waals surface area (Å²) < 4.78 is 6.46. The molecule has 0 fully saturated rings. The Morgan fingerprint density at radius 3 is 1.14 bits per heavy atom. The number of benzene rings is 11. The molecular formula is C69H45N3O. The third-order valence-corrected chi connectivity index (χ3v) is 13.8. The van der Waals surface area contributed by atoms with Gasteiger partial charge in [0.25, 0.3) is 0 Å². The maximum absolute atomic E-state index is 6.46. The molecule has 0 atom stereocenters. The van der Waals surface area contributed by atoms with Crippen molar-refractivity contribution in [3.63, 3.8) is 0 Å². The largest absolute Gasteiger partial charge is 0.455 e. The van der Waals surface area contributed by atoms with Crippen molar-refractivity contribution < 1.29 is 4.42 Å². The number of para-hydroxylation sites is 2. The molecule has 0 amide bonds. The normalized spacial score (nSPS) is 11.3. The van der Waals surface area contributed by atoms with Crippen LogP contribution in [0.15, 0.2) is 277 Å². The molecule has 13 aromatic rings. The van der Waals surface area contributed by atoms with Crippen LogP contribution in [-0.2, 0) is 0 Å². The van der Waals surface area contributed by atoms with E-state index < -0.39 is 0 Å². The molecule has 2 aromatic heterocycles. The smallest absolute Gasteiger partial charge is 0.164 e. The van der Waals surface area contributed by atoms with E-state index in [0.29, 0.717) is 17.5 Å². The lowest BCUT2D eigenvalue weighted by atomic mass is 9.95. The summed E-state index contributed by atoms with van der Waals surface area (Å²) in [5, 5.41) is 2.22. The minimum absolute atomic E-state index is 0.590. The predicted octanol–water partition coefficient (Wildman–Crippen LogP) is 18.4. The SMILES string of the molecule is c1ccc(-c2cccc(-c3cccc(-c4ccc(-c5nc(-c6cccc(-c7cccc(-c8cccc9c8oc8ccccc89)c7)c6)nc(-c6ccccc6-c6cccc(-c7ccccc7)c6)n5)cc4)c3)c2)cc1. The van der Waals surface area contributed by atoms with Gasteiger partial charge in [-0.2, -0.15) is 0 Å². The molecule has 0 spiro atoms. The van der Waals surface area contributed by atoms with Crippen LogP contribution < -0.4 is 0 Å². The van der Waals surface area contributed by atoms with Crippen LogP contribution >= 0.6 is 0 Å². The third kappa shape index (κ3) is 8.58. The van der Waals surface area contributed by atoms with Gasteiger partial charge in [0, 0.05) is 33.0 Å². The topological polar surface area (TPSA) is 51.8 Å². The van der Waals surface area contributed by atoms with Gasteiger partial charge in [-0.05, 0) is 109 Å². The summed E-state index contributed by atoms with van der Waals surface area (Å²) in [6.07, 6.45) is 0. The lowest BCUT2D eigenvalue weighted by Crippen LogP contribution is -2.01. The number of hydrogen-bond acceptors (Lipinski definition) is 4. The summed E-state index contributed by atoms with van der Waals surface area (Å²) in [6.45, 7) is 0. The van der Waals surface area contributed by atoms with Gasteiger partial charge in [0.1, 0.15) is 11.2 Å². The molecule has 13 rings (SSSR count). The Balaban J connectivity index is 0.891. The van der Waals surface area contributed by atoms with Crippen molar-refractivity contribution in [3.8, 4) is 112 Å². The average molecular weight is 932 g/mol. The zero-order chi connectivity index (χ0) is 48.5. The molecule has 0 aliphatic rings. The summed E-state index contributed by atoms with van der Waals surface area (Å²) >= 11 is 0. The Labute approximate surface area is 424 Å². The number of hydrogen-bond donors (Lipinski definition) is 0. The van der Waals surface area contributed by atoms with E-state index in [1.165, 1.54) is 16.7 Å². The molecule has 0 aliphatic carbocycles. The average Bonchev–Trinajstić information content (AvgIpc) is 3.87. The molecule has 0 radical (unpaired) electrons. The molecule has 0 N–H and O–H groups in total. The highest BCUT2D eigenvalue weighted by Crippen LogP contribution is 2.39. The molecule has 0 bridgehead atoms. The number of rotatable bonds is 10. The predicted molar refractivity (Wildman–Crippen MR) is 301 cm³/mol. The Kier molecular flexibility index (Phi) is 11.2. The van der Waals surface area contributed by atoms with Gasteiger partial charge in [-0.3, -0.25) is 0 Å². The summed E-state index contributed by atoms with van der Waals surface area (Å²) in [6, 6.07) is 96.0. The van der Waals surface area contributed by atoms with Crippen molar-refractivity contribution >= 4 is 21.9 Å². The number of furan rings is 1. The molecule has 2 heterocycles. The highest BCUT2D eigenvalue weighted by Gasteiger charge is 2.18. The van der Waals surface area contributed by atoms with E-state index in [9.17, 15) is 0 Å². The first-order valence-corrected chi connectivity index (χ1v) is 24.6. The fourth-order valence-corrected chi connectivity index (χ4v) is 10.1. The summed E-state index contributed by atoms with van der Waals surface area (Å²) in [4.78, 5) is 15.9. The van der Waals surface area contributed by atoms with Crippen molar-refractivity contribution in [2.45, 2.75) is 0 Å². The first-order chi connectivity index (χ1) is 36.1. The van der Waals surface area contributed by atoms with E-state index in [-0.39, 0.29) is 0 Å². The van der Waals surface area contributed by atoms with Gasteiger partial charge in [-0.1, -0.05) is 237 Å². The molecular weight excluding hydrogens is 887 g/mol. The van der Waals surface area contributed by atoms with Crippen LogP contribution in [0.5, 0.6) is 0 Å². The van der Waals surface area contributed by atoms with Gasteiger partial charge in [0.05, 0.1) is 0 Å². The lowest BCUT2D eigenvalue weighted by molar-refractivity contribution is 0.670. The molecule has 342 valence electrons. The van der Waals surface area contributed by atoms with Crippen LogP contribution in [0.2, 0.25) is 0 Å². The second kappa shape index (κ2) is 18.9. The summed E-state index contributed by atoms with van der Waals surface area (Å²) in [5.41, 5.74) is 20.2. The van der Waals surface area contributed by atoms with E-state index in [1.54, 1.807) is 0 Å². The van der Waals surface area contributed by atoms with E-state index in [1.807, 2.05) is 18.2 Å². The van der Waals surface area contributed by atoms with Crippen molar-refractivity contribution in [2.24, 2.45) is 0 Å². The molecule has 11 aromatic carbocycles. The number of nitrogens with zero attached hydrogens (tertiary/aromatic N) is 3. The van der Waals surface area contributed by atoms with Crippen molar-refractivity contribution in [3.05, 3.63) is 273 Å². The number of fused-ring (bicyclic) bond motifs is 3. The van der Waals surface area contributed by atoms with Crippen molar-refractivity contribution in [1.29, 1.82) is 0 Å². The monoisotopic (exact) mass is 931 g/mol. The minimum Gasteiger partial charge on any atom is -0.455 e. The highest BCUT2D eigenvalue weighted by atomic mass is 16.3. The standard InChI is InChI=1S/C69H45N3O/c1-3-17-46(18-4-1)50-21-11-24-53(41-50)54-25-12-22-51(42-54)48-37-39-49(40-38-48)67-70-68(72-69(71-67)64-33-8-7-31-60(64)57-28-13-23-52(43-57)47-19-5-2-6-20-47)59-30-15-27-56(45-59)55-26-14-29-58(44-55)61-34-16-35-63-62-32-9-10-36-65(62)73-66(61)63/h1-45H. The first-order valence-electron chi connectivity index (χ1n) is 24.6. The zero-order valence-electron chi connectivity index (χ0n) is 39.7. The fourth-order valence-electron chi connectivity index (χ4n) is 10.1. The maximum atomic E-state index is 6.46. The van der Waals surface area contributed by atoms with Crippen LogP contribution in [0.1, 0.15) is 0 Å². The Bertz CT molecular complexity index is 4140. The minimum atomic E-state index is 0.590. The second-order valence-electron chi connectivity index (χ2n) is 18.3. The summed E-state index contributed by atoms with van der Waals surface area (Å²) in [5.74, 6) is 1.78. The van der Waals surface area contributed by atoms with Gasteiger partial charge in [-0.15, -0.1) is 0 Å². The first kappa shape index (κ1) is 43.3. The van der Waals surface area contributed by atoms with Crippen molar-refractivity contribution in [2.75, 3.05) is 0 Å². The molecule has 0 saturated carbocycles. The van der Waals surface area contributed by atoms with Crippen LogP contribution in [0.25, 0.3) is 134 Å². The summed E-state index contributed by atoms with van der Waals surface area (Å²) in [7, 11) is 0. The van der Waals surface area contributed by atoms with E-state index >= 15 is 0 Å². The molecule has 4 heteroatoms. The van der Waals surface area contributed by atoms with Gasteiger partial charge in [0.2, 0.25) is 0 Å². The van der Waals surface area contributed by atoms with Crippen LogP contribution in [0.4, 0.5) is 0 Å². The zero-order valence-corrected chi connectivity index (χ0v) is 39.7. The molecule has 73 heavy (non-hydrogen) atoms. The maximum Gasteiger partial charge on any atom is 0.164 e. The third-order valence-electron chi connectivity index (χ3n) is 13.8. The van der Waals surface area contributed by atoms with E-state index in [0.717, 1.165) is 99.8 Å². The van der Waals surface area contributed by atoms with Gasteiger partial charge < -0.3 is 4.42 Å². The highest BCUT2D eigenvalue weighted by molar-refractivity contribution is 6.09. The fraction of sp³-hybridized carbons (Fsp3) is 0. The Morgan fingerprint density at radius 1 is 0.205 bits per heavy atom. The molecule has 0 saturated heterocycles. The van der Waals surface area contributed by atoms with Crippen LogP contribution in [0.3, 0.4) is 0 Å². The van der Waals surface area contributed by atoms with Crippen LogP contribution in [-0.4, -0.2) is 15.0 Å². The lowest BCUT2D eigenvalue weighted by Gasteiger charge is -2.14. The second-order valence-corrected chi connectivity index (χ2v) is 18.3. The van der Waals surface area contributed by atoms with Crippen LogP contribution in [0, 0.1) is 0 Å². The van der Waals surface area contributed by atoms with Crippen molar-refractivity contribution in [1.82, 2.24) is 15.0 Å². The molecule has 4 nitrogen and oxygen atoms in total. The molecule has 0 aliphatic heterocycles. The Hall–Kier alpha value is -9.77. The number of aromatic nitrogens is 3. The quantitative estimate of drug-likeness (QED) is 0.137. The van der Waals surface area contributed by atoms with Gasteiger partial charge in [-0.25, -0.2) is 15.0 Å². The van der Waals surface area contributed by atoms with Gasteiger partial charge in [0.15, 0.2) is 17.5 Å². The van der Waals surface area contributed by atoms with E-state index in [4.69, 9.17) is 19.4 Å². The van der Waals surface area contributed by atoms with Gasteiger partial charge >= 0.3 is 0 Å². The Morgan fingerprint density at radius 2 is 0.548 bits per heavy atom. The molecule has 0 unspecified atom stereocenters. The van der Waals surface area contributed by atoms with E-state index in [2.05, 4.69) is 255 Å².